The summed E-state index contributed by atoms with van der Waals surface area (Å²) in [6.07, 6.45) is 1.74. The van der Waals surface area contributed by atoms with E-state index in [9.17, 15) is 9.59 Å². The van der Waals surface area contributed by atoms with E-state index in [0.29, 0.717) is 37.4 Å². The SMILES string of the molecule is CCC1C(=O)NCCN1C(=O)CCc1ccc(Cl)cc1. The Labute approximate surface area is 124 Å². The number of aryl methyl sites for hydroxylation is 1. The van der Waals surface area contributed by atoms with Gasteiger partial charge in [0.15, 0.2) is 0 Å². The average Bonchev–Trinajstić information content (AvgIpc) is 2.46. The lowest BCUT2D eigenvalue weighted by atomic mass is 10.1. The highest BCUT2D eigenvalue weighted by Gasteiger charge is 2.30. The molecule has 1 heterocycles. The minimum atomic E-state index is -0.318. The quantitative estimate of drug-likeness (QED) is 0.923. The first kappa shape index (κ1) is 14.9. The highest BCUT2D eigenvalue weighted by Crippen LogP contribution is 2.14. The van der Waals surface area contributed by atoms with Crippen LogP contribution in [0.4, 0.5) is 0 Å². The van der Waals surface area contributed by atoms with E-state index in [4.69, 9.17) is 11.6 Å². The molecule has 108 valence electrons. The van der Waals surface area contributed by atoms with Gasteiger partial charge in [0.1, 0.15) is 6.04 Å². The van der Waals surface area contributed by atoms with E-state index >= 15 is 0 Å². The highest BCUT2D eigenvalue weighted by atomic mass is 35.5. The van der Waals surface area contributed by atoms with Crippen molar-refractivity contribution < 1.29 is 9.59 Å². The van der Waals surface area contributed by atoms with Crippen molar-refractivity contribution in [3.05, 3.63) is 34.9 Å². The first-order valence-corrected chi connectivity index (χ1v) is 7.31. The summed E-state index contributed by atoms with van der Waals surface area (Å²) in [7, 11) is 0. The van der Waals surface area contributed by atoms with Gasteiger partial charge in [-0.05, 0) is 30.5 Å². The number of nitrogens with one attached hydrogen (secondary N) is 1. The minimum Gasteiger partial charge on any atom is -0.353 e. The zero-order chi connectivity index (χ0) is 14.5. The molecule has 1 aromatic rings. The van der Waals surface area contributed by atoms with E-state index in [1.807, 2.05) is 31.2 Å². The predicted molar refractivity (Wildman–Crippen MR) is 78.6 cm³/mol. The fraction of sp³-hybridized carbons (Fsp3) is 0.467. The summed E-state index contributed by atoms with van der Waals surface area (Å²) in [5.41, 5.74) is 1.08. The second-order valence-electron chi connectivity index (χ2n) is 4.93. The Kier molecular flexibility index (Phi) is 5.01. The van der Waals surface area contributed by atoms with Crippen LogP contribution in [0.5, 0.6) is 0 Å². The molecule has 1 aliphatic heterocycles. The zero-order valence-corrected chi connectivity index (χ0v) is 12.3. The summed E-state index contributed by atoms with van der Waals surface area (Å²) in [5, 5.41) is 3.49. The number of piperazine rings is 1. The Balaban J connectivity index is 1.93. The Morgan fingerprint density at radius 1 is 1.40 bits per heavy atom. The van der Waals surface area contributed by atoms with Gasteiger partial charge in [-0.15, -0.1) is 0 Å². The molecular formula is C15H19ClN2O2. The summed E-state index contributed by atoms with van der Waals surface area (Å²) in [6.45, 7) is 3.07. The summed E-state index contributed by atoms with van der Waals surface area (Å²) in [4.78, 5) is 25.7. The van der Waals surface area contributed by atoms with Crippen molar-refractivity contribution in [1.82, 2.24) is 10.2 Å². The fourth-order valence-corrected chi connectivity index (χ4v) is 2.59. The minimum absolute atomic E-state index is 0.0430. The molecule has 0 aromatic heterocycles. The summed E-state index contributed by atoms with van der Waals surface area (Å²) in [6, 6.07) is 7.18. The van der Waals surface area contributed by atoms with Crippen LogP contribution in [-0.2, 0) is 16.0 Å². The summed E-state index contributed by atoms with van der Waals surface area (Å²) < 4.78 is 0. The van der Waals surface area contributed by atoms with Crippen LogP contribution in [0.1, 0.15) is 25.3 Å². The van der Waals surface area contributed by atoms with Crippen molar-refractivity contribution in [2.24, 2.45) is 0 Å². The standard InChI is InChI=1S/C15H19ClN2O2/c1-2-13-15(20)17-9-10-18(13)14(19)8-5-11-3-6-12(16)7-4-11/h3-4,6-7,13H,2,5,8-10H2,1H3,(H,17,20). The Morgan fingerprint density at radius 3 is 2.75 bits per heavy atom. The third kappa shape index (κ3) is 3.51. The molecule has 1 fully saturated rings. The maximum Gasteiger partial charge on any atom is 0.242 e. The molecule has 0 saturated carbocycles. The molecule has 1 unspecified atom stereocenters. The zero-order valence-electron chi connectivity index (χ0n) is 11.6. The molecule has 1 aromatic carbocycles. The first-order valence-electron chi connectivity index (χ1n) is 6.93. The first-order chi connectivity index (χ1) is 9.61. The van der Waals surface area contributed by atoms with Crippen molar-refractivity contribution in [2.45, 2.75) is 32.2 Å². The molecule has 0 bridgehead atoms. The third-order valence-corrected chi connectivity index (χ3v) is 3.83. The molecule has 1 N–H and O–H groups in total. The van der Waals surface area contributed by atoms with Crippen LogP contribution in [0.2, 0.25) is 5.02 Å². The van der Waals surface area contributed by atoms with Crippen molar-refractivity contribution in [2.75, 3.05) is 13.1 Å². The molecule has 0 radical (unpaired) electrons. The largest absolute Gasteiger partial charge is 0.353 e. The monoisotopic (exact) mass is 294 g/mol. The van der Waals surface area contributed by atoms with Crippen molar-refractivity contribution in [3.8, 4) is 0 Å². The van der Waals surface area contributed by atoms with Crippen LogP contribution in [-0.4, -0.2) is 35.8 Å². The van der Waals surface area contributed by atoms with Gasteiger partial charge in [0, 0.05) is 24.5 Å². The topological polar surface area (TPSA) is 49.4 Å². The maximum atomic E-state index is 12.3. The molecular weight excluding hydrogens is 276 g/mol. The smallest absolute Gasteiger partial charge is 0.242 e. The number of rotatable bonds is 4. The molecule has 1 aliphatic rings. The van der Waals surface area contributed by atoms with E-state index in [0.717, 1.165) is 5.56 Å². The molecule has 0 spiro atoms. The number of benzene rings is 1. The van der Waals surface area contributed by atoms with Crippen molar-refractivity contribution >= 4 is 23.4 Å². The normalized spacial score (nSPS) is 18.8. The van der Waals surface area contributed by atoms with E-state index in [-0.39, 0.29) is 17.9 Å². The Bertz CT molecular complexity index is 487. The number of carbonyl (C=O) groups excluding carboxylic acids is 2. The molecule has 1 saturated heterocycles. The van der Waals surface area contributed by atoms with Crippen LogP contribution in [0.3, 0.4) is 0 Å². The highest BCUT2D eigenvalue weighted by molar-refractivity contribution is 6.30. The number of hydrogen-bond acceptors (Lipinski definition) is 2. The van der Waals surface area contributed by atoms with Gasteiger partial charge in [0.2, 0.25) is 11.8 Å². The number of halogens is 1. The number of carbonyl (C=O) groups is 2. The fourth-order valence-electron chi connectivity index (χ4n) is 2.46. The van der Waals surface area contributed by atoms with Gasteiger partial charge in [-0.2, -0.15) is 0 Å². The van der Waals surface area contributed by atoms with E-state index in [1.165, 1.54) is 0 Å². The average molecular weight is 295 g/mol. The van der Waals surface area contributed by atoms with Crippen LogP contribution in [0.15, 0.2) is 24.3 Å². The number of nitrogens with zero attached hydrogens (tertiary/aromatic N) is 1. The lowest BCUT2D eigenvalue weighted by molar-refractivity contribution is -0.143. The Hall–Kier alpha value is -1.55. The predicted octanol–water partition coefficient (Wildman–Crippen LogP) is 2.01. The van der Waals surface area contributed by atoms with Gasteiger partial charge >= 0.3 is 0 Å². The van der Waals surface area contributed by atoms with Gasteiger partial charge < -0.3 is 10.2 Å². The van der Waals surface area contributed by atoms with E-state index < -0.39 is 0 Å². The third-order valence-electron chi connectivity index (χ3n) is 3.58. The second kappa shape index (κ2) is 6.75. The molecule has 4 nitrogen and oxygen atoms in total. The van der Waals surface area contributed by atoms with Gasteiger partial charge in [-0.3, -0.25) is 9.59 Å². The molecule has 1 atom stereocenters. The van der Waals surface area contributed by atoms with Gasteiger partial charge in [0.25, 0.3) is 0 Å². The Morgan fingerprint density at radius 2 is 2.10 bits per heavy atom. The molecule has 0 aliphatic carbocycles. The molecule has 2 rings (SSSR count). The van der Waals surface area contributed by atoms with Crippen LogP contribution < -0.4 is 5.32 Å². The van der Waals surface area contributed by atoms with E-state index in [2.05, 4.69) is 5.32 Å². The van der Waals surface area contributed by atoms with Crippen molar-refractivity contribution in [3.63, 3.8) is 0 Å². The lowest BCUT2D eigenvalue weighted by Crippen LogP contribution is -2.56. The molecule has 5 heteroatoms. The summed E-state index contributed by atoms with van der Waals surface area (Å²) in [5.74, 6) is 0.000225. The van der Waals surface area contributed by atoms with Crippen molar-refractivity contribution in [1.29, 1.82) is 0 Å². The lowest BCUT2D eigenvalue weighted by Gasteiger charge is -2.34. The summed E-state index contributed by atoms with van der Waals surface area (Å²) >= 11 is 5.83. The van der Waals surface area contributed by atoms with E-state index in [1.54, 1.807) is 4.90 Å². The number of hydrogen-bond donors (Lipinski definition) is 1. The maximum absolute atomic E-state index is 12.3. The number of amides is 2. The van der Waals surface area contributed by atoms with Crippen LogP contribution in [0, 0.1) is 0 Å². The van der Waals surface area contributed by atoms with Crippen LogP contribution in [0.25, 0.3) is 0 Å². The second-order valence-corrected chi connectivity index (χ2v) is 5.37. The van der Waals surface area contributed by atoms with Crippen LogP contribution >= 0.6 is 11.6 Å². The van der Waals surface area contributed by atoms with Gasteiger partial charge in [0.05, 0.1) is 0 Å². The molecule has 20 heavy (non-hydrogen) atoms. The van der Waals surface area contributed by atoms with Gasteiger partial charge in [-0.25, -0.2) is 0 Å². The molecule has 2 amide bonds. The van der Waals surface area contributed by atoms with Gasteiger partial charge in [-0.1, -0.05) is 30.7 Å².